The molecule has 4 heteroatoms. The lowest BCUT2D eigenvalue weighted by Crippen LogP contribution is -2.29. The number of unbranched alkanes of at least 4 members (excludes halogenated alkanes) is 3. The quantitative estimate of drug-likeness (QED) is 0.490. The van der Waals surface area contributed by atoms with Crippen LogP contribution in [0.2, 0.25) is 0 Å². The van der Waals surface area contributed by atoms with E-state index >= 15 is 0 Å². The zero-order valence-electron chi connectivity index (χ0n) is 13.8. The van der Waals surface area contributed by atoms with Crippen LogP contribution in [0.3, 0.4) is 0 Å². The smallest absolute Gasteiger partial charge is 0.0635 e. The maximum atomic E-state index is 8.72. The van der Waals surface area contributed by atoms with Gasteiger partial charge >= 0.3 is 0 Å². The van der Waals surface area contributed by atoms with Crippen molar-refractivity contribution >= 4 is 0 Å². The van der Waals surface area contributed by atoms with E-state index < -0.39 is 0 Å². The van der Waals surface area contributed by atoms with Crippen LogP contribution >= 0.6 is 0 Å². The molecule has 0 radical (unpaired) electrons. The molecule has 0 amide bonds. The predicted molar refractivity (Wildman–Crippen MR) is 88.1 cm³/mol. The summed E-state index contributed by atoms with van der Waals surface area (Å²) in [6, 6.07) is 6.10. The largest absolute Gasteiger partial charge is 0.299 e. The van der Waals surface area contributed by atoms with Crippen molar-refractivity contribution in [1.82, 2.24) is 9.80 Å². The Labute approximate surface area is 135 Å². The van der Waals surface area contributed by atoms with Crippen LogP contribution in [0.25, 0.3) is 0 Å². The Kier molecular flexibility index (Phi) is 7.71. The molecule has 0 bridgehead atoms. The zero-order chi connectivity index (χ0) is 15.6. The van der Waals surface area contributed by atoms with Crippen molar-refractivity contribution in [3.63, 3.8) is 0 Å². The molecule has 0 spiro atoms. The molecule has 4 nitrogen and oxygen atoms in total. The molecule has 0 aliphatic heterocycles. The molecule has 0 aromatic heterocycles. The van der Waals surface area contributed by atoms with Gasteiger partial charge in [0.15, 0.2) is 0 Å². The molecular formula is C18H30N4. The minimum atomic E-state index is 0.672. The molecule has 0 N–H and O–H groups in total. The highest BCUT2D eigenvalue weighted by Gasteiger charge is 2.28. The van der Waals surface area contributed by atoms with Crippen LogP contribution in [0.15, 0.2) is 0 Å². The van der Waals surface area contributed by atoms with E-state index in [1.165, 1.54) is 64.5 Å². The van der Waals surface area contributed by atoms with E-state index in [2.05, 4.69) is 21.9 Å². The van der Waals surface area contributed by atoms with Gasteiger partial charge in [-0.15, -0.1) is 0 Å². The number of hydrogen-bond donors (Lipinski definition) is 0. The summed E-state index contributed by atoms with van der Waals surface area (Å²) in [7, 11) is 0. The maximum absolute atomic E-state index is 8.72. The fourth-order valence-electron chi connectivity index (χ4n) is 3.20. The van der Waals surface area contributed by atoms with Crippen LogP contribution in [0.1, 0.15) is 64.2 Å². The first-order valence-corrected chi connectivity index (χ1v) is 9.07. The highest BCUT2D eigenvalue weighted by Crippen LogP contribution is 2.28. The van der Waals surface area contributed by atoms with E-state index in [-0.39, 0.29) is 0 Å². The lowest BCUT2D eigenvalue weighted by Gasteiger charge is -2.21. The van der Waals surface area contributed by atoms with Gasteiger partial charge in [0.05, 0.1) is 12.1 Å². The van der Waals surface area contributed by atoms with Gasteiger partial charge in [-0.25, -0.2) is 0 Å². The monoisotopic (exact) mass is 302 g/mol. The summed E-state index contributed by atoms with van der Waals surface area (Å²) in [4.78, 5) is 5.04. The minimum Gasteiger partial charge on any atom is -0.299 e. The molecule has 0 unspecified atom stereocenters. The second kappa shape index (κ2) is 9.82. The molecule has 0 heterocycles. The van der Waals surface area contributed by atoms with E-state index in [9.17, 15) is 0 Å². The Morgan fingerprint density at radius 2 is 1.05 bits per heavy atom. The Morgan fingerprint density at radius 3 is 1.36 bits per heavy atom. The summed E-state index contributed by atoms with van der Waals surface area (Å²) in [5.41, 5.74) is 0. The van der Waals surface area contributed by atoms with E-state index in [1.807, 2.05) is 0 Å². The van der Waals surface area contributed by atoms with Crippen molar-refractivity contribution in [3.05, 3.63) is 0 Å². The van der Waals surface area contributed by atoms with Crippen molar-refractivity contribution < 1.29 is 0 Å². The summed E-state index contributed by atoms with van der Waals surface area (Å²) < 4.78 is 0. The summed E-state index contributed by atoms with van der Waals surface area (Å²) in [5, 5.41) is 17.4. The third-order valence-electron chi connectivity index (χ3n) is 4.79. The molecule has 0 saturated heterocycles. The SMILES string of the molecule is N#CCCN(CCCCCCN(CCC#N)C1CC1)C1CC1. The van der Waals surface area contributed by atoms with E-state index in [0.29, 0.717) is 12.8 Å². The van der Waals surface area contributed by atoms with Crippen molar-refractivity contribution in [2.24, 2.45) is 0 Å². The van der Waals surface area contributed by atoms with Crippen molar-refractivity contribution in [3.8, 4) is 12.1 Å². The van der Waals surface area contributed by atoms with Crippen molar-refractivity contribution in [1.29, 1.82) is 10.5 Å². The Hall–Kier alpha value is -1.10. The summed E-state index contributed by atoms with van der Waals surface area (Å²) >= 11 is 0. The number of nitrogens with zero attached hydrogens (tertiary/aromatic N) is 4. The van der Waals surface area contributed by atoms with E-state index in [4.69, 9.17) is 10.5 Å². The van der Waals surface area contributed by atoms with Crippen LogP contribution in [0.5, 0.6) is 0 Å². The number of nitriles is 2. The molecule has 122 valence electrons. The molecule has 22 heavy (non-hydrogen) atoms. The fraction of sp³-hybridized carbons (Fsp3) is 0.889. The van der Waals surface area contributed by atoms with Crippen LogP contribution in [0.4, 0.5) is 0 Å². The van der Waals surface area contributed by atoms with Crippen LogP contribution < -0.4 is 0 Å². The lowest BCUT2D eigenvalue weighted by atomic mass is 10.1. The number of hydrogen-bond acceptors (Lipinski definition) is 4. The summed E-state index contributed by atoms with van der Waals surface area (Å²) in [6.07, 6.45) is 11.8. The van der Waals surface area contributed by atoms with Crippen molar-refractivity contribution in [2.75, 3.05) is 26.2 Å². The fourth-order valence-corrected chi connectivity index (χ4v) is 3.20. The van der Waals surface area contributed by atoms with Gasteiger partial charge < -0.3 is 0 Å². The molecule has 2 rings (SSSR count). The molecule has 0 aromatic carbocycles. The van der Waals surface area contributed by atoms with Gasteiger partial charge in [-0.1, -0.05) is 12.8 Å². The summed E-state index contributed by atoms with van der Waals surface area (Å²) in [5.74, 6) is 0. The Bertz CT molecular complexity index is 349. The van der Waals surface area contributed by atoms with E-state index in [0.717, 1.165) is 25.2 Å². The van der Waals surface area contributed by atoms with Gasteiger partial charge in [-0.05, 0) is 51.6 Å². The average Bonchev–Trinajstić information content (AvgIpc) is 3.40. The molecule has 0 aromatic rings. The van der Waals surface area contributed by atoms with Gasteiger partial charge in [-0.3, -0.25) is 9.80 Å². The normalized spacial score (nSPS) is 17.6. The van der Waals surface area contributed by atoms with E-state index in [1.54, 1.807) is 0 Å². The minimum absolute atomic E-state index is 0.672. The molecule has 2 aliphatic carbocycles. The van der Waals surface area contributed by atoms with Gasteiger partial charge in [0, 0.05) is 38.0 Å². The molecule has 2 saturated carbocycles. The Morgan fingerprint density at radius 1 is 0.636 bits per heavy atom. The summed E-state index contributed by atoms with van der Waals surface area (Å²) in [6.45, 7) is 4.27. The van der Waals surface area contributed by atoms with Crippen LogP contribution in [0, 0.1) is 22.7 Å². The van der Waals surface area contributed by atoms with Gasteiger partial charge in [0.25, 0.3) is 0 Å². The first-order chi connectivity index (χ1) is 10.8. The van der Waals surface area contributed by atoms with Gasteiger partial charge in [0.2, 0.25) is 0 Å². The topological polar surface area (TPSA) is 54.1 Å². The average molecular weight is 302 g/mol. The highest BCUT2D eigenvalue weighted by atomic mass is 15.2. The molecular weight excluding hydrogens is 272 g/mol. The third kappa shape index (κ3) is 6.77. The van der Waals surface area contributed by atoms with Crippen LogP contribution in [-0.4, -0.2) is 48.1 Å². The molecule has 2 fully saturated rings. The second-order valence-corrected chi connectivity index (χ2v) is 6.76. The first kappa shape index (κ1) is 17.3. The lowest BCUT2D eigenvalue weighted by molar-refractivity contribution is 0.251. The number of rotatable bonds is 13. The van der Waals surface area contributed by atoms with Gasteiger partial charge in [-0.2, -0.15) is 10.5 Å². The Balaban J connectivity index is 1.49. The molecule has 2 aliphatic rings. The molecule has 0 atom stereocenters. The van der Waals surface area contributed by atoms with Gasteiger partial charge in [0.1, 0.15) is 0 Å². The standard InChI is InChI=1S/C18H30N4/c19-11-5-15-21(17-7-8-17)13-3-1-2-4-14-22(16-6-12-20)18-9-10-18/h17-18H,1-10,13-16H2. The maximum Gasteiger partial charge on any atom is 0.0635 e. The first-order valence-electron chi connectivity index (χ1n) is 9.07. The second-order valence-electron chi connectivity index (χ2n) is 6.76. The third-order valence-corrected chi connectivity index (χ3v) is 4.79. The zero-order valence-corrected chi connectivity index (χ0v) is 13.8. The predicted octanol–water partition coefficient (Wildman–Crippen LogP) is 3.30. The highest BCUT2D eigenvalue weighted by molar-refractivity contribution is 4.87. The van der Waals surface area contributed by atoms with Crippen LogP contribution in [-0.2, 0) is 0 Å². The van der Waals surface area contributed by atoms with Crippen molar-refractivity contribution in [2.45, 2.75) is 76.3 Å².